The third kappa shape index (κ3) is 2.69. The van der Waals surface area contributed by atoms with Crippen molar-refractivity contribution in [2.24, 2.45) is 0 Å². The van der Waals surface area contributed by atoms with Gasteiger partial charge >= 0.3 is 0 Å². The van der Waals surface area contributed by atoms with Gasteiger partial charge in [0.1, 0.15) is 0 Å². The van der Waals surface area contributed by atoms with Gasteiger partial charge in [0.15, 0.2) is 0 Å². The average molecular weight is 342 g/mol. The lowest BCUT2D eigenvalue weighted by molar-refractivity contribution is 0.595. The second-order valence-corrected chi connectivity index (χ2v) is 7.61. The molecule has 0 bridgehead atoms. The number of fused-ring (bicyclic) bond motifs is 1. The van der Waals surface area contributed by atoms with Crippen molar-refractivity contribution < 1.29 is 8.42 Å². The highest BCUT2D eigenvalue weighted by Gasteiger charge is 2.25. The topological polar surface area (TPSA) is 42.3 Å². The van der Waals surface area contributed by atoms with E-state index in [4.69, 9.17) is 0 Å². The number of benzene rings is 2. The predicted octanol–water partition coefficient (Wildman–Crippen LogP) is 3.96. The molecule has 0 aliphatic carbocycles. The van der Waals surface area contributed by atoms with Crippen LogP contribution in [-0.4, -0.2) is 31.7 Å². The molecule has 5 heteroatoms. The fraction of sp³-hybridized carbons (Fsp3) is 0.263. The summed E-state index contributed by atoms with van der Waals surface area (Å²) in [4.78, 5) is 2.21. The number of hydrogen-bond donors (Lipinski definition) is 0. The molecule has 0 radical (unpaired) electrons. The quantitative estimate of drug-likeness (QED) is 0.705. The van der Waals surface area contributed by atoms with Gasteiger partial charge in [-0.2, -0.15) is 0 Å². The fourth-order valence-electron chi connectivity index (χ4n) is 3.25. The van der Waals surface area contributed by atoms with Crippen molar-refractivity contribution in [3.63, 3.8) is 0 Å². The standard InChI is InChI=1S/C19H22N2O2S/c1-4-20(5-2)19-16-13-9-10-14-17(16)21(24(3,22)23)18(19)15-11-7-6-8-12-15/h6-14H,4-5H2,1-3H3. The van der Waals surface area contributed by atoms with E-state index in [0.717, 1.165) is 40.9 Å². The van der Waals surface area contributed by atoms with E-state index < -0.39 is 10.0 Å². The summed E-state index contributed by atoms with van der Waals surface area (Å²) in [5, 5.41) is 0.963. The Morgan fingerprint density at radius 2 is 1.50 bits per heavy atom. The molecule has 0 amide bonds. The van der Waals surface area contributed by atoms with Crippen molar-refractivity contribution in [2.75, 3.05) is 24.2 Å². The minimum absolute atomic E-state index is 0.723. The van der Waals surface area contributed by atoms with E-state index in [9.17, 15) is 8.42 Å². The number of aromatic nitrogens is 1. The van der Waals surface area contributed by atoms with Gasteiger partial charge in [0.25, 0.3) is 0 Å². The second kappa shape index (κ2) is 6.32. The lowest BCUT2D eigenvalue weighted by Crippen LogP contribution is -2.23. The maximum atomic E-state index is 12.6. The molecule has 0 unspecified atom stereocenters. The van der Waals surface area contributed by atoms with Gasteiger partial charge in [-0.3, -0.25) is 0 Å². The van der Waals surface area contributed by atoms with Crippen LogP contribution in [0.1, 0.15) is 13.8 Å². The van der Waals surface area contributed by atoms with Crippen molar-refractivity contribution in [3.8, 4) is 11.3 Å². The number of anilines is 1. The molecular weight excluding hydrogens is 320 g/mol. The van der Waals surface area contributed by atoms with E-state index in [-0.39, 0.29) is 0 Å². The normalized spacial score (nSPS) is 11.8. The van der Waals surface area contributed by atoms with Crippen LogP contribution in [-0.2, 0) is 10.0 Å². The number of nitrogens with zero attached hydrogens (tertiary/aromatic N) is 2. The summed E-state index contributed by atoms with van der Waals surface area (Å²) in [6.45, 7) is 5.80. The Balaban J connectivity index is 2.52. The molecule has 0 atom stereocenters. The molecule has 1 aromatic heterocycles. The first-order chi connectivity index (χ1) is 11.5. The van der Waals surface area contributed by atoms with Crippen molar-refractivity contribution in [1.29, 1.82) is 0 Å². The summed E-state index contributed by atoms with van der Waals surface area (Å²) >= 11 is 0. The first kappa shape index (κ1) is 16.6. The van der Waals surface area contributed by atoms with Gasteiger partial charge in [-0.05, 0) is 19.9 Å². The maximum Gasteiger partial charge on any atom is 0.236 e. The Morgan fingerprint density at radius 3 is 2.08 bits per heavy atom. The Labute approximate surface area is 143 Å². The van der Waals surface area contributed by atoms with E-state index >= 15 is 0 Å². The molecule has 3 rings (SSSR count). The maximum absolute atomic E-state index is 12.6. The SMILES string of the molecule is CCN(CC)c1c(-c2ccccc2)n(S(C)(=O)=O)c2ccccc12. The largest absolute Gasteiger partial charge is 0.370 e. The third-order valence-electron chi connectivity index (χ3n) is 4.26. The van der Waals surface area contributed by atoms with Crippen LogP contribution in [0.25, 0.3) is 22.2 Å². The molecule has 0 saturated carbocycles. The Hall–Kier alpha value is -2.27. The monoisotopic (exact) mass is 342 g/mol. The van der Waals surface area contributed by atoms with Crippen LogP contribution in [0.3, 0.4) is 0 Å². The zero-order chi connectivity index (χ0) is 17.3. The van der Waals surface area contributed by atoms with Crippen LogP contribution >= 0.6 is 0 Å². The Kier molecular flexibility index (Phi) is 4.37. The minimum Gasteiger partial charge on any atom is -0.370 e. The lowest BCUT2D eigenvalue weighted by Gasteiger charge is -2.23. The molecule has 3 aromatic rings. The number of para-hydroxylation sites is 1. The van der Waals surface area contributed by atoms with E-state index in [0.29, 0.717) is 0 Å². The predicted molar refractivity (Wildman–Crippen MR) is 101 cm³/mol. The van der Waals surface area contributed by atoms with Gasteiger partial charge < -0.3 is 4.90 Å². The van der Waals surface area contributed by atoms with Gasteiger partial charge in [-0.25, -0.2) is 12.4 Å². The van der Waals surface area contributed by atoms with Gasteiger partial charge in [-0.1, -0.05) is 48.5 Å². The molecule has 0 N–H and O–H groups in total. The van der Waals surface area contributed by atoms with Gasteiger partial charge in [0, 0.05) is 24.0 Å². The van der Waals surface area contributed by atoms with E-state index in [1.807, 2.05) is 54.6 Å². The lowest BCUT2D eigenvalue weighted by atomic mass is 10.1. The Morgan fingerprint density at radius 1 is 0.917 bits per heavy atom. The van der Waals surface area contributed by atoms with Gasteiger partial charge in [-0.15, -0.1) is 0 Å². The van der Waals surface area contributed by atoms with Crippen LogP contribution in [0.2, 0.25) is 0 Å². The molecule has 0 spiro atoms. The molecule has 0 fully saturated rings. The molecule has 0 saturated heterocycles. The fourth-order valence-corrected chi connectivity index (χ4v) is 4.29. The van der Waals surface area contributed by atoms with Crippen molar-refractivity contribution in [3.05, 3.63) is 54.6 Å². The van der Waals surface area contributed by atoms with Crippen molar-refractivity contribution in [2.45, 2.75) is 13.8 Å². The van der Waals surface area contributed by atoms with E-state index in [1.54, 1.807) is 0 Å². The number of hydrogen-bond acceptors (Lipinski definition) is 3. The van der Waals surface area contributed by atoms with Crippen LogP contribution in [0, 0.1) is 0 Å². The molecule has 126 valence electrons. The average Bonchev–Trinajstić information content (AvgIpc) is 2.92. The summed E-state index contributed by atoms with van der Waals surface area (Å²) in [5.41, 5.74) is 3.34. The third-order valence-corrected chi connectivity index (χ3v) is 5.31. The molecule has 2 aromatic carbocycles. The van der Waals surface area contributed by atoms with Crippen LogP contribution in [0.15, 0.2) is 54.6 Å². The Bertz CT molecular complexity index is 956. The van der Waals surface area contributed by atoms with E-state index in [2.05, 4.69) is 18.7 Å². The number of rotatable bonds is 5. The molecule has 24 heavy (non-hydrogen) atoms. The summed E-state index contributed by atoms with van der Waals surface area (Å²) in [7, 11) is -3.45. The molecule has 1 heterocycles. The summed E-state index contributed by atoms with van der Waals surface area (Å²) in [6.07, 6.45) is 1.26. The van der Waals surface area contributed by atoms with Crippen LogP contribution < -0.4 is 4.90 Å². The first-order valence-electron chi connectivity index (χ1n) is 8.13. The highest BCUT2D eigenvalue weighted by atomic mass is 32.2. The zero-order valence-corrected chi connectivity index (χ0v) is 15.0. The summed E-state index contributed by atoms with van der Waals surface area (Å²) in [5.74, 6) is 0. The van der Waals surface area contributed by atoms with Crippen LogP contribution in [0.5, 0.6) is 0 Å². The zero-order valence-electron chi connectivity index (χ0n) is 14.2. The van der Waals surface area contributed by atoms with Gasteiger partial charge in [0.2, 0.25) is 10.0 Å². The molecular formula is C19H22N2O2S. The van der Waals surface area contributed by atoms with E-state index in [1.165, 1.54) is 10.2 Å². The smallest absolute Gasteiger partial charge is 0.236 e. The minimum atomic E-state index is -3.45. The molecule has 0 aliphatic heterocycles. The van der Waals surface area contributed by atoms with Gasteiger partial charge in [0.05, 0.1) is 23.2 Å². The highest BCUT2D eigenvalue weighted by Crippen LogP contribution is 2.41. The van der Waals surface area contributed by atoms with Crippen molar-refractivity contribution in [1.82, 2.24) is 3.97 Å². The molecule has 4 nitrogen and oxygen atoms in total. The van der Waals surface area contributed by atoms with Crippen molar-refractivity contribution >= 4 is 26.6 Å². The second-order valence-electron chi connectivity index (χ2n) is 5.78. The first-order valence-corrected chi connectivity index (χ1v) is 9.98. The highest BCUT2D eigenvalue weighted by molar-refractivity contribution is 7.89. The summed E-state index contributed by atoms with van der Waals surface area (Å²) < 4.78 is 26.7. The van der Waals surface area contributed by atoms with Crippen LogP contribution in [0.4, 0.5) is 5.69 Å². The molecule has 0 aliphatic rings. The summed E-state index contributed by atoms with van der Waals surface area (Å²) in [6, 6.07) is 17.4.